The van der Waals surface area contributed by atoms with Crippen LogP contribution in [0.1, 0.15) is 30.5 Å². The van der Waals surface area contributed by atoms with Gasteiger partial charge >= 0.3 is 0 Å². The number of anilines is 1. The number of nitrogens with one attached hydrogen (secondary N) is 1. The molecule has 0 spiro atoms. The maximum absolute atomic E-state index is 12.4. The fourth-order valence-corrected chi connectivity index (χ4v) is 5.01. The summed E-state index contributed by atoms with van der Waals surface area (Å²) in [6.45, 7) is 3.06. The summed E-state index contributed by atoms with van der Waals surface area (Å²) in [5.74, 6) is 2.36. The lowest BCUT2D eigenvalue weighted by Crippen LogP contribution is -2.46. The number of fused-ring (bicyclic) bond motifs is 1. The van der Waals surface area contributed by atoms with Crippen LogP contribution in [0.5, 0.6) is 0 Å². The molecule has 1 N–H and O–H groups in total. The van der Waals surface area contributed by atoms with Gasteiger partial charge in [0.1, 0.15) is 0 Å². The fraction of sp³-hybridized carbons (Fsp3) is 0.600. The van der Waals surface area contributed by atoms with Gasteiger partial charge < -0.3 is 9.88 Å². The largest absolute Gasteiger partial charge is 0.364 e. The summed E-state index contributed by atoms with van der Waals surface area (Å²) in [7, 11) is 1.73. The van der Waals surface area contributed by atoms with Gasteiger partial charge in [-0.25, -0.2) is 9.67 Å². The third-order valence-electron chi connectivity index (χ3n) is 5.78. The Morgan fingerprint density at radius 3 is 3.07 bits per heavy atom. The number of nitrogens with zero attached hydrogens (tertiary/aromatic N) is 5. The Morgan fingerprint density at radius 2 is 2.17 bits per heavy atom. The zero-order valence-corrected chi connectivity index (χ0v) is 17.7. The van der Waals surface area contributed by atoms with E-state index in [1.807, 2.05) is 11.8 Å². The van der Waals surface area contributed by atoms with Crippen molar-refractivity contribution in [2.45, 2.75) is 44.0 Å². The van der Waals surface area contributed by atoms with Crippen molar-refractivity contribution in [3.8, 4) is 0 Å². The number of aromatic nitrogens is 4. The van der Waals surface area contributed by atoms with Crippen molar-refractivity contribution in [2.24, 2.45) is 7.05 Å². The Kier molecular flexibility index (Phi) is 6.34. The lowest BCUT2D eigenvalue weighted by atomic mass is 10.0. The Morgan fingerprint density at radius 1 is 1.28 bits per heavy atom. The number of piperidine rings is 1. The Bertz CT molecular complexity index is 972. The van der Waals surface area contributed by atoms with Gasteiger partial charge in [-0.15, -0.1) is 0 Å². The molecule has 1 saturated heterocycles. The first kappa shape index (κ1) is 20.2. The molecule has 1 fully saturated rings. The second-order valence-electron chi connectivity index (χ2n) is 7.74. The number of hydrogen-bond acceptors (Lipinski definition) is 7. The summed E-state index contributed by atoms with van der Waals surface area (Å²) >= 11 is 1.86. The summed E-state index contributed by atoms with van der Waals surface area (Å²) in [4.78, 5) is 31.2. The molecule has 8 nitrogen and oxygen atoms in total. The summed E-state index contributed by atoms with van der Waals surface area (Å²) in [6, 6.07) is 2.08. The smallest absolute Gasteiger partial charge is 0.293 e. The zero-order valence-electron chi connectivity index (χ0n) is 16.8. The molecule has 0 saturated carbocycles. The van der Waals surface area contributed by atoms with Crippen LogP contribution in [0.15, 0.2) is 28.0 Å². The molecular weight excluding hydrogens is 388 g/mol. The number of likely N-dealkylation sites (tertiary alicyclic amines) is 1. The van der Waals surface area contributed by atoms with Gasteiger partial charge in [-0.2, -0.15) is 16.9 Å². The highest BCUT2D eigenvalue weighted by Crippen LogP contribution is 2.21. The van der Waals surface area contributed by atoms with Gasteiger partial charge in [0.2, 0.25) is 0 Å². The molecule has 4 rings (SSSR count). The van der Waals surface area contributed by atoms with Crippen molar-refractivity contribution < 1.29 is 0 Å². The van der Waals surface area contributed by atoms with Crippen LogP contribution in [0.25, 0.3) is 0 Å². The predicted octanol–water partition coefficient (Wildman–Crippen LogP) is 1.09. The zero-order chi connectivity index (χ0) is 20.2. The second kappa shape index (κ2) is 9.13. The monoisotopic (exact) mass is 416 g/mol. The van der Waals surface area contributed by atoms with Crippen LogP contribution in [0.2, 0.25) is 0 Å². The molecule has 9 heteroatoms. The van der Waals surface area contributed by atoms with E-state index in [0.29, 0.717) is 24.9 Å². The molecule has 2 aromatic heterocycles. The van der Waals surface area contributed by atoms with E-state index in [2.05, 4.69) is 20.3 Å². The maximum atomic E-state index is 12.4. The summed E-state index contributed by atoms with van der Waals surface area (Å²) in [5.41, 5.74) is 2.05. The standard InChI is InChI=1S/C20H28N6O2S/c1-24-8-6-21-19(20(24)28)22-13-16-4-2-3-7-25(16)9-10-26-18(27)12-15-14-29-11-5-17(15)23-26/h6,8,12,16H,2-5,7,9-11,13-14H2,1H3,(H,21,22). The molecular formula is C20H28N6O2S. The molecule has 2 aliphatic rings. The van der Waals surface area contributed by atoms with Crippen LogP contribution >= 0.6 is 11.8 Å². The summed E-state index contributed by atoms with van der Waals surface area (Å²) in [5, 5.41) is 7.86. The first-order chi connectivity index (χ1) is 14.1. The van der Waals surface area contributed by atoms with Crippen LogP contribution in [-0.2, 0) is 25.8 Å². The number of aryl methyl sites for hydroxylation is 2. The lowest BCUT2D eigenvalue weighted by molar-refractivity contribution is 0.147. The average molecular weight is 417 g/mol. The minimum atomic E-state index is -0.113. The predicted molar refractivity (Wildman–Crippen MR) is 116 cm³/mol. The van der Waals surface area contributed by atoms with Gasteiger partial charge in [0, 0.05) is 56.8 Å². The van der Waals surface area contributed by atoms with Gasteiger partial charge in [0.05, 0.1) is 12.2 Å². The number of rotatable bonds is 6. The van der Waals surface area contributed by atoms with Crippen molar-refractivity contribution in [3.63, 3.8) is 0 Å². The minimum absolute atomic E-state index is 0.00471. The van der Waals surface area contributed by atoms with E-state index >= 15 is 0 Å². The lowest BCUT2D eigenvalue weighted by Gasteiger charge is -2.35. The normalized spacial score (nSPS) is 19.7. The highest BCUT2D eigenvalue weighted by atomic mass is 32.2. The molecule has 0 aliphatic carbocycles. The highest BCUT2D eigenvalue weighted by Gasteiger charge is 2.23. The molecule has 1 atom stereocenters. The molecule has 0 bridgehead atoms. The van der Waals surface area contributed by atoms with Gasteiger partial charge in [-0.1, -0.05) is 6.42 Å². The molecule has 2 aromatic rings. The fourth-order valence-electron chi connectivity index (χ4n) is 4.06. The van der Waals surface area contributed by atoms with E-state index in [1.54, 1.807) is 30.2 Å². The van der Waals surface area contributed by atoms with Crippen LogP contribution in [0.3, 0.4) is 0 Å². The molecule has 156 valence electrons. The number of hydrogen-bond donors (Lipinski definition) is 1. The Balaban J connectivity index is 1.40. The first-order valence-electron chi connectivity index (χ1n) is 10.3. The molecule has 4 heterocycles. The van der Waals surface area contributed by atoms with Gasteiger partial charge in [-0.3, -0.25) is 14.5 Å². The van der Waals surface area contributed by atoms with E-state index in [0.717, 1.165) is 55.1 Å². The van der Waals surface area contributed by atoms with Gasteiger partial charge in [0.15, 0.2) is 5.82 Å². The van der Waals surface area contributed by atoms with E-state index in [1.165, 1.54) is 11.0 Å². The van der Waals surface area contributed by atoms with E-state index in [4.69, 9.17) is 0 Å². The second-order valence-corrected chi connectivity index (χ2v) is 8.84. The third kappa shape index (κ3) is 4.72. The SMILES string of the molecule is Cn1ccnc(NCC2CCCCN2CCn2nc3c(cc2=O)CSCC3)c1=O. The molecule has 0 aromatic carbocycles. The van der Waals surface area contributed by atoms with Crippen LogP contribution < -0.4 is 16.4 Å². The topological polar surface area (TPSA) is 85.1 Å². The summed E-state index contributed by atoms with van der Waals surface area (Å²) < 4.78 is 3.16. The first-order valence-corrected chi connectivity index (χ1v) is 11.4. The van der Waals surface area contributed by atoms with E-state index in [9.17, 15) is 9.59 Å². The highest BCUT2D eigenvalue weighted by molar-refractivity contribution is 7.98. The third-order valence-corrected chi connectivity index (χ3v) is 6.78. The Labute approximate surface area is 174 Å². The quantitative estimate of drug-likeness (QED) is 0.755. The molecule has 2 aliphatic heterocycles. The van der Waals surface area contributed by atoms with Crippen molar-refractivity contribution in [1.82, 2.24) is 24.2 Å². The average Bonchev–Trinajstić information content (AvgIpc) is 2.74. The number of thioether (sulfide) groups is 1. The molecule has 0 radical (unpaired) electrons. The minimum Gasteiger partial charge on any atom is -0.364 e. The molecule has 0 amide bonds. The van der Waals surface area contributed by atoms with Crippen molar-refractivity contribution in [2.75, 3.05) is 30.7 Å². The van der Waals surface area contributed by atoms with Gasteiger partial charge in [0.25, 0.3) is 11.1 Å². The molecule has 29 heavy (non-hydrogen) atoms. The Hall–Kier alpha value is -2.13. The van der Waals surface area contributed by atoms with Crippen molar-refractivity contribution >= 4 is 17.6 Å². The van der Waals surface area contributed by atoms with Crippen molar-refractivity contribution in [3.05, 3.63) is 50.4 Å². The summed E-state index contributed by atoms with van der Waals surface area (Å²) in [6.07, 6.45) is 7.64. The van der Waals surface area contributed by atoms with E-state index in [-0.39, 0.29) is 11.1 Å². The van der Waals surface area contributed by atoms with Crippen LogP contribution in [0, 0.1) is 0 Å². The van der Waals surface area contributed by atoms with E-state index < -0.39 is 0 Å². The van der Waals surface area contributed by atoms with Crippen LogP contribution in [-0.4, -0.2) is 55.7 Å². The maximum Gasteiger partial charge on any atom is 0.293 e. The van der Waals surface area contributed by atoms with Gasteiger partial charge in [-0.05, 0) is 30.7 Å². The molecule has 1 unspecified atom stereocenters. The van der Waals surface area contributed by atoms with Crippen LogP contribution in [0.4, 0.5) is 5.82 Å². The van der Waals surface area contributed by atoms with Crippen molar-refractivity contribution in [1.29, 1.82) is 0 Å².